The number of carbonyl (C=O) groups excluding carboxylic acids is 1. The summed E-state index contributed by atoms with van der Waals surface area (Å²) < 4.78 is 0. The van der Waals surface area contributed by atoms with E-state index in [4.69, 9.17) is 17.0 Å². The van der Waals surface area contributed by atoms with Gasteiger partial charge in [0, 0.05) is 48.2 Å². The van der Waals surface area contributed by atoms with Crippen molar-refractivity contribution in [2.24, 2.45) is 0 Å². The quantitative estimate of drug-likeness (QED) is 0.611. The van der Waals surface area contributed by atoms with E-state index >= 15 is 0 Å². The Morgan fingerprint density at radius 1 is 1.20 bits per heavy atom. The van der Waals surface area contributed by atoms with Gasteiger partial charge in [0.2, 0.25) is 0 Å². The fraction of sp³-hybridized carbons (Fsp3) is 0.360. The molecule has 0 atom stereocenters. The van der Waals surface area contributed by atoms with Crippen molar-refractivity contribution >= 4 is 29.3 Å². The Balaban J connectivity index is 1.53. The second-order valence-corrected chi connectivity index (χ2v) is 8.64. The van der Waals surface area contributed by atoms with E-state index in [0.717, 1.165) is 51.3 Å². The molecule has 2 N–H and O–H groups in total. The van der Waals surface area contributed by atoms with Crippen LogP contribution in [0.15, 0.2) is 42.6 Å². The molecular formula is C25H28ClN3O. The van der Waals surface area contributed by atoms with Gasteiger partial charge in [0.15, 0.2) is 0 Å². The molecule has 0 bridgehead atoms. The van der Waals surface area contributed by atoms with Crippen LogP contribution in [0.3, 0.4) is 0 Å². The van der Waals surface area contributed by atoms with E-state index in [1.54, 1.807) is 0 Å². The topological polar surface area (TPSA) is 56.2 Å². The Kier molecular flexibility index (Phi) is 6.24. The highest BCUT2D eigenvalue weighted by atomic mass is 35.5. The molecular weight excluding hydrogens is 394 g/mol. The fourth-order valence-corrected chi connectivity index (χ4v) is 4.87. The molecule has 4 nitrogen and oxygen atoms in total. The lowest BCUT2D eigenvalue weighted by Gasteiger charge is -2.30. The Morgan fingerprint density at radius 3 is 2.60 bits per heavy atom. The molecule has 1 amide bonds. The molecule has 0 aromatic heterocycles. The zero-order chi connectivity index (χ0) is 21.1. The number of nitrogens with one attached hydrogen (secondary N) is 2. The standard InChI is InChI=1S/C25H28ClN3O/c1-28-15-21(14-27)18-9-7-17(8-10-18)11-19-12-23-20(13-24(19)26)16-29(25(23)30)22-5-3-2-4-6-22/h7-10,12-15,22,27-28H,2-6,11,16H2,1H3/b21-15+,27-14?. The van der Waals surface area contributed by atoms with E-state index in [0.29, 0.717) is 19.0 Å². The van der Waals surface area contributed by atoms with Crippen LogP contribution in [0.5, 0.6) is 0 Å². The van der Waals surface area contributed by atoms with E-state index in [2.05, 4.69) is 22.3 Å². The van der Waals surface area contributed by atoms with Crippen molar-refractivity contribution in [2.45, 2.75) is 51.1 Å². The van der Waals surface area contributed by atoms with Crippen molar-refractivity contribution in [3.8, 4) is 0 Å². The number of fused-ring (bicyclic) bond motifs is 1. The molecule has 0 saturated heterocycles. The summed E-state index contributed by atoms with van der Waals surface area (Å²) in [7, 11) is 1.82. The molecule has 4 rings (SSSR count). The Bertz CT molecular complexity index is 975. The monoisotopic (exact) mass is 421 g/mol. The predicted molar refractivity (Wildman–Crippen MR) is 123 cm³/mol. The number of benzene rings is 2. The summed E-state index contributed by atoms with van der Waals surface area (Å²) in [5.74, 6) is 0.165. The number of amides is 1. The molecule has 156 valence electrons. The number of rotatable bonds is 6. The van der Waals surface area contributed by atoms with Crippen molar-refractivity contribution < 1.29 is 4.79 Å². The maximum atomic E-state index is 13.1. The average molecular weight is 422 g/mol. The van der Waals surface area contributed by atoms with Gasteiger partial charge in [0.05, 0.1) is 0 Å². The minimum atomic E-state index is 0.165. The van der Waals surface area contributed by atoms with E-state index < -0.39 is 0 Å². The molecule has 1 aliphatic carbocycles. The van der Waals surface area contributed by atoms with Crippen LogP contribution >= 0.6 is 11.6 Å². The van der Waals surface area contributed by atoms with Gasteiger partial charge in [-0.05, 0) is 53.6 Å². The van der Waals surface area contributed by atoms with Gasteiger partial charge in [0.25, 0.3) is 5.91 Å². The van der Waals surface area contributed by atoms with Crippen LogP contribution in [0, 0.1) is 5.41 Å². The smallest absolute Gasteiger partial charge is 0.254 e. The summed E-state index contributed by atoms with van der Waals surface area (Å²) in [6.07, 6.45) is 9.78. The van der Waals surface area contributed by atoms with Gasteiger partial charge in [-0.25, -0.2) is 0 Å². The molecule has 1 fully saturated rings. The maximum Gasteiger partial charge on any atom is 0.254 e. The van der Waals surface area contributed by atoms with Crippen LogP contribution in [0.2, 0.25) is 5.02 Å². The SMILES string of the molecule is CN/C=C(\C=N)c1ccc(Cc2cc3c(cc2Cl)CN(C2CCCCC2)C3=O)cc1. The molecule has 1 aliphatic heterocycles. The largest absolute Gasteiger partial charge is 0.393 e. The lowest BCUT2D eigenvalue weighted by molar-refractivity contribution is 0.0660. The minimum absolute atomic E-state index is 0.165. The second kappa shape index (κ2) is 9.05. The zero-order valence-corrected chi connectivity index (χ0v) is 18.1. The highest BCUT2D eigenvalue weighted by molar-refractivity contribution is 6.31. The van der Waals surface area contributed by atoms with Gasteiger partial charge >= 0.3 is 0 Å². The number of nitrogens with zero attached hydrogens (tertiary/aromatic N) is 1. The van der Waals surface area contributed by atoms with Crippen molar-refractivity contribution in [1.82, 2.24) is 10.2 Å². The van der Waals surface area contributed by atoms with Crippen LogP contribution in [-0.4, -0.2) is 30.1 Å². The van der Waals surface area contributed by atoms with Crippen molar-refractivity contribution in [3.05, 3.63) is 75.4 Å². The molecule has 2 aliphatic rings. The lowest BCUT2D eigenvalue weighted by Crippen LogP contribution is -2.36. The Labute approximate surface area is 183 Å². The highest BCUT2D eigenvalue weighted by Crippen LogP contribution is 2.34. The average Bonchev–Trinajstić information content (AvgIpc) is 3.09. The summed E-state index contributed by atoms with van der Waals surface area (Å²) in [4.78, 5) is 15.1. The number of halogens is 1. The minimum Gasteiger partial charge on any atom is -0.393 e. The zero-order valence-electron chi connectivity index (χ0n) is 17.4. The fourth-order valence-electron chi connectivity index (χ4n) is 4.62. The van der Waals surface area contributed by atoms with Gasteiger partial charge in [0.1, 0.15) is 0 Å². The molecule has 0 unspecified atom stereocenters. The van der Waals surface area contributed by atoms with Gasteiger partial charge in [-0.2, -0.15) is 0 Å². The first-order valence-electron chi connectivity index (χ1n) is 10.7. The molecule has 1 saturated carbocycles. The van der Waals surface area contributed by atoms with Crippen LogP contribution < -0.4 is 5.32 Å². The molecule has 0 radical (unpaired) electrons. The van der Waals surface area contributed by atoms with Crippen molar-refractivity contribution in [2.75, 3.05) is 7.05 Å². The number of hydrogen-bond donors (Lipinski definition) is 2. The van der Waals surface area contributed by atoms with Crippen LogP contribution in [-0.2, 0) is 13.0 Å². The number of allylic oxidation sites excluding steroid dienone is 1. The summed E-state index contributed by atoms with van der Waals surface area (Å²) in [6.45, 7) is 0.692. The normalized spacial score (nSPS) is 17.2. The second-order valence-electron chi connectivity index (χ2n) is 8.23. The van der Waals surface area contributed by atoms with Crippen LogP contribution in [0.4, 0.5) is 0 Å². The highest BCUT2D eigenvalue weighted by Gasteiger charge is 2.33. The first kappa shape index (κ1) is 20.7. The summed E-state index contributed by atoms with van der Waals surface area (Å²) >= 11 is 6.61. The molecule has 0 spiro atoms. The number of hydrogen-bond acceptors (Lipinski definition) is 3. The van der Waals surface area contributed by atoms with Crippen LogP contribution in [0.25, 0.3) is 5.57 Å². The third-order valence-corrected chi connectivity index (χ3v) is 6.61. The summed E-state index contributed by atoms with van der Waals surface area (Å²) in [5, 5.41) is 11.3. The lowest BCUT2D eigenvalue weighted by atomic mass is 9.94. The molecule has 5 heteroatoms. The third kappa shape index (κ3) is 4.15. The number of carbonyl (C=O) groups is 1. The predicted octanol–water partition coefficient (Wildman–Crippen LogP) is 5.43. The van der Waals surface area contributed by atoms with Gasteiger partial charge in [-0.3, -0.25) is 4.79 Å². The van der Waals surface area contributed by atoms with Crippen LogP contribution in [0.1, 0.15) is 64.7 Å². The maximum absolute atomic E-state index is 13.1. The van der Waals surface area contributed by atoms with E-state index in [1.807, 2.05) is 37.5 Å². The molecule has 2 aromatic carbocycles. The van der Waals surface area contributed by atoms with E-state index in [9.17, 15) is 4.79 Å². The molecule has 1 heterocycles. The molecule has 30 heavy (non-hydrogen) atoms. The van der Waals surface area contributed by atoms with Crippen molar-refractivity contribution in [3.63, 3.8) is 0 Å². The molecule has 2 aromatic rings. The third-order valence-electron chi connectivity index (χ3n) is 6.26. The Hall–Kier alpha value is -2.59. The van der Waals surface area contributed by atoms with Crippen molar-refractivity contribution in [1.29, 1.82) is 5.41 Å². The Morgan fingerprint density at radius 2 is 1.93 bits per heavy atom. The summed E-state index contributed by atoms with van der Waals surface area (Å²) in [6, 6.07) is 12.5. The van der Waals surface area contributed by atoms with Gasteiger partial charge in [-0.15, -0.1) is 0 Å². The van der Waals surface area contributed by atoms with E-state index in [-0.39, 0.29) is 5.91 Å². The van der Waals surface area contributed by atoms with Gasteiger partial charge in [-0.1, -0.05) is 55.1 Å². The first-order valence-corrected chi connectivity index (χ1v) is 11.1. The first-order chi connectivity index (χ1) is 14.6. The summed E-state index contributed by atoms with van der Waals surface area (Å²) in [5.41, 5.74) is 5.81. The van der Waals surface area contributed by atoms with E-state index in [1.165, 1.54) is 25.5 Å². The van der Waals surface area contributed by atoms with Gasteiger partial charge < -0.3 is 15.6 Å².